The molecule has 0 saturated heterocycles. The van der Waals surface area contributed by atoms with Crippen LogP contribution in [-0.2, 0) is 0 Å². The zero-order valence-corrected chi connectivity index (χ0v) is 19.2. The maximum atomic E-state index is 13.0. The molecule has 5 nitrogen and oxygen atoms in total. The van der Waals surface area contributed by atoms with E-state index in [1.54, 1.807) is 0 Å². The first-order valence-electron chi connectivity index (χ1n) is 9.77. The number of thiazole rings is 1. The lowest BCUT2D eigenvalue weighted by molar-refractivity contribution is 0.0939. The molecule has 0 saturated carbocycles. The summed E-state index contributed by atoms with van der Waals surface area (Å²) in [5.41, 5.74) is 5.07. The zero-order valence-electron chi connectivity index (χ0n) is 16.8. The second-order valence-corrected chi connectivity index (χ2v) is 9.49. The van der Waals surface area contributed by atoms with E-state index in [1.165, 1.54) is 11.3 Å². The third-order valence-corrected chi connectivity index (χ3v) is 7.08. The highest BCUT2D eigenvalue weighted by Gasteiger charge is 2.31. The number of nitrogens with one attached hydrogen (secondary N) is 2. The molecule has 0 aliphatic carbocycles. The normalized spacial score (nSPS) is 15.3. The predicted molar refractivity (Wildman–Crippen MR) is 129 cm³/mol. The first-order valence-corrected chi connectivity index (χ1v) is 11.4. The molecule has 8 heteroatoms. The molecule has 1 atom stereocenters. The van der Waals surface area contributed by atoms with Crippen LogP contribution in [0.4, 0.5) is 5.82 Å². The Bertz CT molecular complexity index is 1350. The Balaban J connectivity index is 1.58. The topological polar surface area (TPSA) is 51.0 Å². The van der Waals surface area contributed by atoms with Gasteiger partial charge in [0.15, 0.2) is 3.95 Å². The van der Waals surface area contributed by atoms with Crippen molar-refractivity contribution < 1.29 is 4.79 Å². The molecule has 1 amide bonds. The number of nitrogens with zero attached hydrogens (tertiary/aromatic N) is 2. The molecule has 2 N–H and O–H groups in total. The van der Waals surface area contributed by atoms with Crippen molar-refractivity contribution in [1.29, 1.82) is 0 Å². The van der Waals surface area contributed by atoms with Crippen LogP contribution in [0.25, 0.3) is 11.4 Å². The second-order valence-electron chi connectivity index (χ2n) is 7.41. The van der Waals surface area contributed by atoms with Gasteiger partial charge in [-0.1, -0.05) is 41.1 Å². The third kappa shape index (κ3) is 3.39. The van der Waals surface area contributed by atoms with Crippen LogP contribution >= 0.6 is 35.2 Å². The minimum absolute atomic E-state index is 0.124. The lowest BCUT2D eigenvalue weighted by Crippen LogP contribution is -2.38. The molecule has 0 spiro atoms. The first kappa shape index (κ1) is 20.1. The number of hydrogen-bond acceptors (Lipinski definition) is 4. The number of aromatic nitrogens is 2. The van der Waals surface area contributed by atoms with Gasteiger partial charge in [-0.3, -0.25) is 9.36 Å². The Morgan fingerprint density at radius 2 is 1.65 bits per heavy atom. The molecule has 31 heavy (non-hydrogen) atoms. The van der Waals surface area contributed by atoms with Gasteiger partial charge in [0.25, 0.3) is 5.91 Å². The van der Waals surface area contributed by atoms with Gasteiger partial charge >= 0.3 is 0 Å². The predicted octanol–water partition coefficient (Wildman–Crippen LogP) is 6.18. The summed E-state index contributed by atoms with van der Waals surface area (Å²) in [5, 5.41) is 7.30. The highest BCUT2D eigenvalue weighted by Crippen LogP contribution is 2.36. The maximum absolute atomic E-state index is 13.0. The van der Waals surface area contributed by atoms with Crippen molar-refractivity contribution in [2.75, 3.05) is 5.32 Å². The highest BCUT2D eigenvalue weighted by atomic mass is 35.5. The summed E-state index contributed by atoms with van der Waals surface area (Å²) >= 11 is 13.0. The summed E-state index contributed by atoms with van der Waals surface area (Å²) in [6.45, 7) is 4.11. The number of halogens is 1. The monoisotopic (exact) mass is 466 g/mol. The van der Waals surface area contributed by atoms with Gasteiger partial charge in [0.2, 0.25) is 0 Å². The van der Waals surface area contributed by atoms with Crippen LogP contribution in [0.2, 0.25) is 5.02 Å². The summed E-state index contributed by atoms with van der Waals surface area (Å²) in [7, 11) is 0. The van der Waals surface area contributed by atoms with Crippen molar-refractivity contribution in [1.82, 2.24) is 14.5 Å². The van der Waals surface area contributed by atoms with E-state index in [0.717, 1.165) is 34.1 Å². The van der Waals surface area contributed by atoms with Crippen LogP contribution in [-0.4, -0.2) is 15.0 Å². The van der Waals surface area contributed by atoms with Crippen LogP contribution in [0.1, 0.15) is 32.8 Å². The van der Waals surface area contributed by atoms with E-state index >= 15 is 0 Å². The van der Waals surface area contributed by atoms with E-state index in [2.05, 4.69) is 35.1 Å². The Kier molecular flexibility index (Phi) is 4.97. The minimum Gasteiger partial charge on any atom is -0.346 e. The average Bonchev–Trinajstić information content (AvgIpc) is 3.25. The molecule has 0 fully saturated rings. The first-order chi connectivity index (χ1) is 14.9. The van der Waals surface area contributed by atoms with E-state index < -0.39 is 0 Å². The van der Waals surface area contributed by atoms with Crippen molar-refractivity contribution in [3.8, 4) is 11.4 Å². The van der Waals surface area contributed by atoms with Crippen LogP contribution in [0, 0.1) is 17.8 Å². The number of hydrogen-bond donors (Lipinski definition) is 2. The smallest absolute Gasteiger partial charge is 0.267 e. The Morgan fingerprint density at radius 1 is 0.968 bits per heavy atom. The molecule has 0 unspecified atom stereocenters. The number of carbonyl (C=O) groups excluding carboxylic acids is 1. The molecule has 5 rings (SSSR count). The number of benzene rings is 2. The van der Waals surface area contributed by atoms with Crippen molar-refractivity contribution in [3.05, 3.63) is 91.5 Å². The average molecular weight is 467 g/mol. The van der Waals surface area contributed by atoms with Gasteiger partial charge < -0.3 is 15.2 Å². The molecule has 0 bridgehead atoms. The SMILES string of the molecule is Cc1cc([C@@H]2NC(=O)c3sc(=S)n(-c4ccccc4)c3N2)c(C)n1-c1ccc(Cl)cc1. The van der Waals surface area contributed by atoms with E-state index in [0.29, 0.717) is 13.9 Å². The maximum Gasteiger partial charge on any atom is 0.267 e. The van der Waals surface area contributed by atoms with E-state index in [4.69, 9.17) is 23.8 Å². The number of para-hydroxylation sites is 1. The van der Waals surface area contributed by atoms with E-state index in [-0.39, 0.29) is 12.1 Å². The minimum atomic E-state index is -0.369. The standard InChI is InChI=1S/C23H19ClN4OS2/c1-13-12-18(14(2)27(13)17-10-8-15(24)9-11-17)20-25-21-19(22(29)26-20)31-23(30)28(21)16-6-4-3-5-7-16/h3-12,20,25H,1-2H3,(H,26,29)/t20-/m0/s1. The number of amides is 1. The molecule has 4 aromatic rings. The van der Waals surface area contributed by atoms with Crippen molar-refractivity contribution in [3.63, 3.8) is 0 Å². The number of anilines is 1. The van der Waals surface area contributed by atoms with Gasteiger partial charge in [0.1, 0.15) is 16.9 Å². The zero-order chi connectivity index (χ0) is 21.7. The van der Waals surface area contributed by atoms with Crippen molar-refractivity contribution >= 4 is 46.9 Å². The lowest BCUT2D eigenvalue weighted by Gasteiger charge is -2.27. The van der Waals surface area contributed by atoms with Crippen molar-refractivity contribution in [2.24, 2.45) is 0 Å². The quantitative estimate of drug-likeness (QED) is 0.354. The van der Waals surface area contributed by atoms with Crippen molar-refractivity contribution in [2.45, 2.75) is 20.0 Å². The summed E-state index contributed by atoms with van der Waals surface area (Å²) in [6.07, 6.45) is -0.369. The van der Waals surface area contributed by atoms with Gasteiger partial charge in [-0.15, -0.1) is 0 Å². The van der Waals surface area contributed by atoms with Gasteiger partial charge in [-0.25, -0.2) is 0 Å². The van der Waals surface area contributed by atoms with Crippen LogP contribution in [0.3, 0.4) is 0 Å². The fourth-order valence-electron chi connectivity index (χ4n) is 4.06. The largest absolute Gasteiger partial charge is 0.346 e. The molecule has 0 radical (unpaired) electrons. The fraction of sp³-hybridized carbons (Fsp3) is 0.130. The Labute approximate surface area is 193 Å². The molecule has 3 heterocycles. The summed E-state index contributed by atoms with van der Waals surface area (Å²) in [6, 6.07) is 19.7. The molecule has 1 aliphatic rings. The molecule has 2 aromatic heterocycles. The fourth-order valence-corrected chi connectivity index (χ4v) is 5.50. The Morgan fingerprint density at radius 3 is 2.35 bits per heavy atom. The van der Waals surface area contributed by atoms with Crippen LogP contribution in [0.15, 0.2) is 60.7 Å². The van der Waals surface area contributed by atoms with Gasteiger partial charge in [-0.2, -0.15) is 0 Å². The highest BCUT2D eigenvalue weighted by molar-refractivity contribution is 7.73. The molecule has 1 aliphatic heterocycles. The summed E-state index contributed by atoms with van der Waals surface area (Å²) < 4.78 is 4.72. The van der Waals surface area contributed by atoms with Gasteiger partial charge in [0.05, 0.1) is 0 Å². The molecular weight excluding hydrogens is 448 g/mol. The van der Waals surface area contributed by atoms with E-state index in [1.807, 2.05) is 59.2 Å². The number of fused-ring (bicyclic) bond motifs is 1. The molecule has 2 aromatic carbocycles. The van der Waals surface area contributed by atoms with E-state index in [9.17, 15) is 4.79 Å². The number of rotatable bonds is 3. The summed E-state index contributed by atoms with van der Waals surface area (Å²) in [5.74, 6) is 0.604. The van der Waals surface area contributed by atoms with Crippen LogP contribution < -0.4 is 10.6 Å². The third-order valence-electron chi connectivity index (χ3n) is 5.45. The molecule has 156 valence electrons. The molecular formula is C23H19ClN4OS2. The lowest BCUT2D eigenvalue weighted by atomic mass is 10.1. The van der Waals surface area contributed by atoms with Gasteiger partial charge in [0, 0.05) is 33.3 Å². The van der Waals surface area contributed by atoms with Crippen LogP contribution in [0.5, 0.6) is 0 Å². The van der Waals surface area contributed by atoms with Gasteiger partial charge in [-0.05, 0) is 68.5 Å². The Hall–Kier alpha value is -2.87. The second kappa shape index (κ2) is 7.67. The number of aryl methyl sites for hydroxylation is 1. The number of carbonyl (C=O) groups is 1. The summed E-state index contributed by atoms with van der Waals surface area (Å²) in [4.78, 5) is 13.5.